The van der Waals surface area contributed by atoms with Crippen LogP contribution in [0.2, 0.25) is 0 Å². The van der Waals surface area contributed by atoms with Gasteiger partial charge in [-0.15, -0.1) is 11.3 Å². The van der Waals surface area contributed by atoms with Gasteiger partial charge < -0.3 is 0 Å². The zero-order valence-corrected chi connectivity index (χ0v) is 10.4. The van der Waals surface area contributed by atoms with Crippen LogP contribution >= 0.6 is 11.3 Å². The van der Waals surface area contributed by atoms with Crippen LogP contribution in [-0.2, 0) is 6.42 Å². The first-order chi connectivity index (χ1) is 8.20. The predicted octanol–water partition coefficient (Wildman–Crippen LogP) is 2.94. The first-order valence-electron chi connectivity index (χ1n) is 5.45. The number of thiophene rings is 1. The van der Waals surface area contributed by atoms with Crippen molar-refractivity contribution < 1.29 is 4.39 Å². The van der Waals surface area contributed by atoms with Crippen molar-refractivity contribution in [1.82, 2.24) is 5.43 Å². The zero-order chi connectivity index (χ0) is 12.3. The van der Waals surface area contributed by atoms with Gasteiger partial charge in [0, 0.05) is 16.9 Å². The molecule has 0 aliphatic carbocycles. The molecule has 2 nitrogen and oxygen atoms in total. The first kappa shape index (κ1) is 12.2. The highest BCUT2D eigenvalue weighted by atomic mass is 32.1. The lowest BCUT2D eigenvalue weighted by molar-refractivity contribution is 0.512. The van der Waals surface area contributed by atoms with E-state index in [4.69, 9.17) is 5.84 Å². The Hall–Kier alpha value is -1.23. The summed E-state index contributed by atoms with van der Waals surface area (Å²) in [5.41, 5.74) is 4.22. The van der Waals surface area contributed by atoms with Gasteiger partial charge in [-0.3, -0.25) is 11.3 Å². The van der Waals surface area contributed by atoms with E-state index in [-0.39, 0.29) is 11.9 Å². The van der Waals surface area contributed by atoms with E-state index in [1.165, 1.54) is 10.9 Å². The van der Waals surface area contributed by atoms with Gasteiger partial charge in [0.2, 0.25) is 0 Å². The Labute approximate surface area is 104 Å². The van der Waals surface area contributed by atoms with Gasteiger partial charge in [-0.2, -0.15) is 0 Å². The van der Waals surface area contributed by atoms with Crippen molar-refractivity contribution in [2.24, 2.45) is 5.84 Å². The quantitative estimate of drug-likeness (QED) is 0.647. The van der Waals surface area contributed by atoms with Gasteiger partial charge in [-0.05, 0) is 30.0 Å². The maximum absolute atomic E-state index is 13.8. The number of hydrogen-bond donors (Lipinski definition) is 2. The first-order valence-corrected chi connectivity index (χ1v) is 6.33. The van der Waals surface area contributed by atoms with Gasteiger partial charge >= 0.3 is 0 Å². The number of hydrogen-bond acceptors (Lipinski definition) is 3. The summed E-state index contributed by atoms with van der Waals surface area (Å²) in [7, 11) is 0. The Balaban J connectivity index is 2.23. The Morgan fingerprint density at radius 2 is 2.24 bits per heavy atom. The van der Waals surface area contributed by atoms with Gasteiger partial charge in [-0.25, -0.2) is 4.39 Å². The van der Waals surface area contributed by atoms with E-state index < -0.39 is 0 Å². The molecule has 0 amide bonds. The summed E-state index contributed by atoms with van der Waals surface area (Å²) in [6.07, 6.45) is 0.703. The molecule has 1 heterocycles. The van der Waals surface area contributed by atoms with Crippen LogP contribution in [0.5, 0.6) is 0 Å². The largest absolute Gasteiger partial charge is 0.271 e. The Morgan fingerprint density at radius 3 is 2.82 bits per heavy atom. The Morgan fingerprint density at radius 1 is 1.41 bits per heavy atom. The lowest BCUT2D eigenvalue weighted by Gasteiger charge is -2.16. The Kier molecular flexibility index (Phi) is 3.89. The highest BCUT2D eigenvalue weighted by molar-refractivity contribution is 7.09. The van der Waals surface area contributed by atoms with Gasteiger partial charge in [0.1, 0.15) is 5.82 Å². The molecule has 2 rings (SSSR count). The molecule has 2 aromatic rings. The average Bonchev–Trinajstić information content (AvgIpc) is 2.79. The fourth-order valence-electron chi connectivity index (χ4n) is 1.80. The molecule has 4 heteroatoms. The van der Waals surface area contributed by atoms with E-state index in [0.717, 1.165) is 5.56 Å². The van der Waals surface area contributed by atoms with Gasteiger partial charge in [0.25, 0.3) is 0 Å². The highest BCUT2D eigenvalue weighted by Gasteiger charge is 2.15. The lowest BCUT2D eigenvalue weighted by atomic mass is 10.0. The molecule has 1 aromatic heterocycles. The number of hydrazine groups is 1. The van der Waals surface area contributed by atoms with Crippen LogP contribution in [0.25, 0.3) is 0 Å². The van der Waals surface area contributed by atoms with Crippen molar-refractivity contribution in [3.63, 3.8) is 0 Å². The molecule has 17 heavy (non-hydrogen) atoms. The molecule has 1 unspecified atom stereocenters. The normalized spacial score (nSPS) is 12.6. The molecular formula is C13H15FN2S. The van der Waals surface area contributed by atoms with Crippen LogP contribution in [0.15, 0.2) is 35.7 Å². The summed E-state index contributed by atoms with van der Waals surface area (Å²) in [4.78, 5) is 1.19. The maximum atomic E-state index is 13.8. The monoisotopic (exact) mass is 250 g/mol. The SMILES string of the molecule is Cc1ccc(C(Cc2cccs2)NN)c(F)c1. The predicted molar refractivity (Wildman–Crippen MR) is 69.2 cm³/mol. The van der Waals surface area contributed by atoms with Gasteiger partial charge in [0.15, 0.2) is 0 Å². The molecule has 0 bridgehead atoms. The summed E-state index contributed by atoms with van der Waals surface area (Å²) in [5, 5.41) is 2.01. The smallest absolute Gasteiger partial charge is 0.128 e. The number of halogens is 1. The van der Waals surface area contributed by atoms with Crippen molar-refractivity contribution in [2.45, 2.75) is 19.4 Å². The Bertz CT molecular complexity index is 482. The summed E-state index contributed by atoms with van der Waals surface area (Å²) in [6, 6.07) is 9.06. The molecule has 0 fully saturated rings. The second kappa shape index (κ2) is 5.40. The molecule has 90 valence electrons. The molecule has 0 saturated carbocycles. The molecule has 0 saturated heterocycles. The molecular weight excluding hydrogens is 235 g/mol. The van der Waals surface area contributed by atoms with Crippen molar-refractivity contribution >= 4 is 11.3 Å². The van der Waals surface area contributed by atoms with Gasteiger partial charge in [0.05, 0.1) is 6.04 Å². The second-order valence-corrected chi connectivity index (χ2v) is 5.06. The zero-order valence-electron chi connectivity index (χ0n) is 9.61. The molecule has 0 radical (unpaired) electrons. The van der Waals surface area contributed by atoms with E-state index in [2.05, 4.69) is 5.43 Å². The number of benzene rings is 1. The third-order valence-corrected chi connectivity index (χ3v) is 3.62. The summed E-state index contributed by atoms with van der Waals surface area (Å²) >= 11 is 1.65. The van der Waals surface area contributed by atoms with E-state index in [0.29, 0.717) is 12.0 Å². The fourth-order valence-corrected chi connectivity index (χ4v) is 2.56. The second-order valence-electron chi connectivity index (χ2n) is 4.03. The van der Waals surface area contributed by atoms with Crippen LogP contribution in [0.4, 0.5) is 4.39 Å². The summed E-state index contributed by atoms with van der Waals surface area (Å²) in [6.45, 7) is 1.87. The van der Waals surface area contributed by atoms with Crippen LogP contribution in [0.3, 0.4) is 0 Å². The van der Waals surface area contributed by atoms with Crippen molar-refractivity contribution in [2.75, 3.05) is 0 Å². The maximum Gasteiger partial charge on any atom is 0.128 e. The van der Waals surface area contributed by atoms with Crippen molar-refractivity contribution in [3.05, 3.63) is 57.5 Å². The summed E-state index contributed by atoms with van der Waals surface area (Å²) < 4.78 is 13.8. The summed E-state index contributed by atoms with van der Waals surface area (Å²) in [5.74, 6) is 5.31. The van der Waals surface area contributed by atoms with Crippen LogP contribution < -0.4 is 11.3 Å². The van der Waals surface area contributed by atoms with Crippen molar-refractivity contribution in [3.8, 4) is 0 Å². The van der Waals surface area contributed by atoms with Crippen LogP contribution in [0, 0.1) is 12.7 Å². The molecule has 1 aromatic carbocycles. The topological polar surface area (TPSA) is 38.0 Å². The third kappa shape index (κ3) is 2.91. The van der Waals surface area contributed by atoms with E-state index in [1.54, 1.807) is 17.4 Å². The molecule has 1 atom stereocenters. The number of nitrogens with two attached hydrogens (primary N) is 1. The molecule has 0 aliphatic heterocycles. The minimum atomic E-state index is -0.204. The standard InChI is InChI=1S/C13H15FN2S/c1-9-4-5-11(12(14)7-9)13(16-15)8-10-3-2-6-17-10/h2-7,13,16H,8,15H2,1H3. The van der Waals surface area contributed by atoms with E-state index in [9.17, 15) is 4.39 Å². The van der Waals surface area contributed by atoms with Crippen molar-refractivity contribution in [1.29, 1.82) is 0 Å². The number of aryl methyl sites for hydroxylation is 1. The molecule has 0 aliphatic rings. The molecule has 3 N–H and O–H groups in total. The number of rotatable bonds is 4. The van der Waals surface area contributed by atoms with Gasteiger partial charge in [-0.1, -0.05) is 18.2 Å². The van der Waals surface area contributed by atoms with Crippen LogP contribution in [-0.4, -0.2) is 0 Å². The minimum absolute atomic E-state index is 0.186. The third-order valence-electron chi connectivity index (χ3n) is 2.72. The average molecular weight is 250 g/mol. The highest BCUT2D eigenvalue weighted by Crippen LogP contribution is 2.23. The molecule has 0 spiro atoms. The number of nitrogens with one attached hydrogen (secondary N) is 1. The minimum Gasteiger partial charge on any atom is -0.271 e. The van der Waals surface area contributed by atoms with E-state index in [1.807, 2.05) is 30.5 Å². The fraction of sp³-hybridized carbons (Fsp3) is 0.231. The lowest BCUT2D eigenvalue weighted by Crippen LogP contribution is -2.30. The van der Waals surface area contributed by atoms with Crippen LogP contribution in [0.1, 0.15) is 22.0 Å². The van der Waals surface area contributed by atoms with E-state index >= 15 is 0 Å².